The Hall–Kier alpha value is -2.92. The lowest BCUT2D eigenvalue weighted by Crippen LogP contribution is -3.03. The summed E-state index contributed by atoms with van der Waals surface area (Å²) in [5.41, 5.74) is 4.72. The molecule has 2 N–H and O–H groups in total. The quantitative estimate of drug-likeness (QED) is 0.761. The molecule has 1 unspecified atom stereocenters. The van der Waals surface area contributed by atoms with Gasteiger partial charge >= 0.3 is 0 Å². The van der Waals surface area contributed by atoms with Gasteiger partial charge in [-0.25, -0.2) is 0 Å². The van der Waals surface area contributed by atoms with E-state index in [1.807, 2.05) is 18.2 Å². The van der Waals surface area contributed by atoms with Crippen LogP contribution in [0.15, 0.2) is 36.4 Å². The molecule has 0 spiro atoms. The average molecular weight is 352 g/mol. The molecule has 0 bridgehead atoms. The number of phenolic OH excluding ortho intramolecular Hbond substituents is 1. The molecule has 5 nitrogen and oxygen atoms in total. The molecule has 3 aromatic carbocycles. The lowest BCUT2D eigenvalue weighted by atomic mass is 9.90. The molecule has 3 aromatic rings. The van der Waals surface area contributed by atoms with Crippen molar-refractivity contribution in [2.75, 3.05) is 28.4 Å². The molecule has 1 aliphatic rings. The highest BCUT2D eigenvalue weighted by atomic mass is 16.5. The van der Waals surface area contributed by atoms with E-state index in [9.17, 15) is 5.11 Å². The maximum Gasteiger partial charge on any atom is 0.161 e. The summed E-state index contributed by atoms with van der Waals surface area (Å²) in [7, 11) is 7.03. The van der Waals surface area contributed by atoms with Crippen molar-refractivity contribution >= 4 is 16.5 Å². The molecule has 0 fully saturated rings. The molecule has 1 aliphatic heterocycles. The number of hydrogen-bond acceptors (Lipinski definition) is 4. The van der Waals surface area contributed by atoms with Gasteiger partial charge in [-0.15, -0.1) is 0 Å². The van der Waals surface area contributed by atoms with Crippen LogP contribution in [0, 0.1) is 0 Å². The Morgan fingerprint density at radius 1 is 0.846 bits per heavy atom. The van der Waals surface area contributed by atoms with Crippen molar-refractivity contribution < 1.29 is 24.2 Å². The van der Waals surface area contributed by atoms with E-state index in [4.69, 9.17) is 14.2 Å². The van der Waals surface area contributed by atoms with Crippen molar-refractivity contribution in [3.63, 3.8) is 0 Å². The van der Waals surface area contributed by atoms with Gasteiger partial charge < -0.3 is 24.2 Å². The molecule has 26 heavy (non-hydrogen) atoms. The van der Waals surface area contributed by atoms with Gasteiger partial charge in [-0.05, 0) is 35.7 Å². The third-order valence-corrected chi connectivity index (χ3v) is 5.10. The Morgan fingerprint density at radius 2 is 1.54 bits per heavy atom. The van der Waals surface area contributed by atoms with Crippen LogP contribution < -0.4 is 19.1 Å². The molecule has 0 saturated carbocycles. The number of ether oxygens (including phenoxy) is 3. The molecule has 0 saturated heterocycles. The summed E-state index contributed by atoms with van der Waals surface area (Å²) in [5, 5.41) is 12.2. The van der Waals surface area contributed by atoms with Crippen LogP contribution in [0.2, 0.25) is 0 Å². The minimum Gasteiger partial charge on any atom is -0.504 e. The van der Waals surface area contributed by atoms with Crippen LogP contribution in [0.25, 0.3) is 21.9 Å². The van der Waals surface area contributed by atoms with Crippen molar-refractivity contribution in [1.82, 2.24) is 0 Å². The molecular weight excluding hydrogens is 330 g/mol. The Balaban J connectivity index is 2.02. The molecule has 0 radical (unpaired) electrons. The van der Waals surface area contributed by atoms with E-state index in [1.165, 1.54) is 16.2 Å². The van der Waals surface area contributed by atoms with Crippen LogP contribution in [0.5, 0.6) is 23.0 Å². The summed E-state index contributed by atoms with van der Waals surface area (Å²) >= 11 is 0. The highest BCUT2D eigenvalue weighted by Crippen LogP contribution is 2.43. The fourth-order valence-corrected chi connectivity index (χ4v) is 3.88. The van der Waals surface area contributed by atoms with Crippen molar-refractivity contribution in [3.8, 4) is 34.1 Å². The number of phenols is 1. The van der Waals surface area contributed by atoms with Crippen LogP contribution in [-0.2, 0) is 6.54 Å². The summed E-state index contributed by atoms with van der Waals surface area (Å²) in [5.74, 6) is 2.10. The molecule has 0 aromatic heterocycles. The van der Waals surface area contributed by atoms with Gasteiger partial charge in [0.25, 0.3) is 0 Å². The zero-order valence-electron chi connectivity index (χ0n) is 15.3. The first-order valence-corrected chi connectivity index (χ1v) is 8.49. The lowest BCUT2D eigenvalue weighted by Gasteiger charge is -2.27. The van der Waals surface area contributed by atoms with E-state index in [0.29, 0.717) is 5.75 Å². The molecule has 1 heterocycles. The van der Waals surface area contributed by atoms with Gasteiger partial charge in [-0.2, -0.15) is 0 Å². The van der Waals surface area contributed by atoms with Crippen molar-refractivity contribution in [2.24, 2.45) is 0 Å². The van der Waals surface area contributed by atoms with Crippen LogP contribution in [0.3, 0.4) is 0 Å². The number of quaternary nitrogens is 1. The number of hydrogen-bond donors (Lipinski definition) is 2. The standard InChI is InChI=1S/C21H21NO4/c1-22-11-13-8-19(25-3)20(26-4)9-15(13)14-6-5-12-7-17(23)18(24-2)10-16(12)21(14)22/h5-10,23H,11H2,1-4H3/p+1. The Bertz CT molecular complexity index is 1010. The van der Waals surface area contributed by atoms with E-state index >= 15 is 0 Å². The first-order chi connectivity index (χ1) is 12.6. The SMILES string of the molecule is COc1cc2c3c(ccc2cc1O)-c1cc(OC)c(OC)cc1C[NH+]3C. The summed E-state index contributed by atoms with van der Waals surface area (Å²) in [4.78, 5) is 1.28. The smallest absolute Gasteiger partial charge is 0.161 e. The zero-order valence-corrected chi connectivity index (χ0v) is 15.3. The Kier molecular flexibility index (Phi) is 3.89. The first-order valence-electron chi connectivity index (χ1n) is 8.49. The van der Waals surface area contributed by atoms with E-state index in [-0.39, 0.29) is 5.75 Å². The molecule has 4 rings (SSSR count). The van der Waals surface area contributed by atoms with Gasteiger partial charge in [-0.3, -0.25) is 0 Å². The number of benzene rings is 3. The first kappa shape index (κ1) is 16.5. The van der Waals surface area contributed by atoms with E-state index < -0.39 is 0 Å². The Labute approximate surface area is 152 Å². The Morgan fingerprint density at radius 3 is 2.23 bits per heavy atom. The van der Waals surface area contributed by atoms with Crippen molar-refractivity contribution in [1.29, 1.82) is 0 Å². The van der Waals surface area contributed by atoms with E-state index in [1.54, 1.807) is 27.4 Å². The van der Waals surface area contributed by atoms with Gasteiger partial charge in [0, 0.05) is 22.1 Å². The topological polar surface area (TPSA) is 52.4 Å². The predicted octanol–water partition coefficient (Wildman–Crippen LogP) is 2.90. The van der Waals surface area contributed by atoms with Gasteiger partial charge in [0.2, 0.25) is 0 Å². The third kappa shape index (κ3) is 2.35. The van der Waals surface area contributed by atoms with Gasteiger partial charge in [0.15, 0.2) is 23.0 Å². The largest absolute Gasteiger partial charge is 0.504 e. The molecule has 0 amide bonds. The van der Waals surface area contributed by atoms with Gasteiger partial charge in [0.1, 0.15) is 12.2 Å². The summed E-state index contributed by atoms with van der Waals surface area (Å²) < 4.78 is 16.3. The second-order valence-corrected chi connectivity index (χ2v) is 6.55. The number of nitrogens with one attached hydrogen (secondary N) is 1. The fourth-order valence-electron chi connectivity index (χ4n) is 3.88. The number of rotatable bonds is 3. The van der Waals surface area contributed by atoms with Crippen LogP contribution in [0.4, 0.5) is 5.69 Å². The van der Waals surface area contributed by atoms with Crippen LogP contribution in [-0.4, -0.2) is 33.5 Å². The summed E-state index contributed by atoms with van der Waals surface area (Å²) in [6.07, 6.45) is 0. The molecule has 134 valence electrons. The zero-order chi connectivity index (χ0) is 18.4. The van der Waals surface area contributed by atoms with Gasteiger partial charge in [0.05, 0.1) is 28.4 Å². The molecule has 0 aliphatic carbocycles. The monoisotopic (exact) mass is 352 g/mol. The lowest BCUT2D eigenvalue weighted by molar-refractivity contribution is -0.824. The normalized spacial score (nSPS) is 15.3. The van der Waals surface area contributed by atoms with Crippen molar-refractivity contribution in [3.05, 3.63) is 42.0 Å². The highest BCUT2D eigenvalue weighted by molar-refractivity contribution is 6.00. The molecular formula is C21H22NO4+. The second kappa shape index (κ2) is 6.11. The predicted molar refractivity (Wildman–Crippen MR) is 101 cm³/mol. The summed E-state index contributed by atoms with van der Waals surface area (Å²) in [6, 6.07) is 11.9. The van der Waals surface area contributed by atoms with Gasteiger partial charge in [-0.1, -0.05) is 6.07 Å². The minimum absolute atomic E-state index is 0.153. The molecule has 1 atom stereocenters. The maximum absolute atomic E-state index is 10.1. The second-order valence-electron chi connectivity index (χ2n) is 6.55. The van der Waals surface area contributed by atoms with Crippen LogP contribution >= 0.6 is 0 Å². The van der Waals surface area contributed by atoms with E-state index in [2.05, 4.69) is 19.2 Å². The number of fused-ring (bicyclic) bond motifs is 5. The fraction of sp³-hybridized carbons (Fsp3) is 0.238. The average Bonchev–Trinajstić information content (AvgIpc) is 2.65. The number of aromatic hydroxyl groups is 1. The van der Waals surface area contributed by atoms with Crippen LogP contribution in [0.1, 0.15) is 5.56 Å². The maximum atomic E-state index is 10.1. The van der Waals surface area contributed by atoms with E-state index in [0.717, 1.165) is 39.9 Å². The third-order valence-electron chi connectivity index (χ3n) is 5.10. The van der Waals surface area contributed by atoms with Crippen molar-refractivity contribution in [2.45, 2.75) is 6.54 Å². The number of methoxy groups -OCH3 is 3. The minimum atomic E-state index is 0.153. The molecule has 5 heteroatoms. The summed E-state index contributed by atoms with van der Waals surface area (Å²) in [6.45, 7) is 0.838. The highest BCUT2D eigenvalue weighted by Gasteiger charge is 2.28.